The maximum Gasteiger partial charge on any atom is 0.328 e. The second kappa shape index (κ2) is 8.47. The number of fused-ring (bicyclic) bond motifs is 1. The van der Waals surface area contributed by atoms with Gasteiger partial charge in [-0.2, -0.15) is 0 Å². The summed E-state index contributed by atoms with van der Waals surface area (Å²) in [7, 11) is 0. The number of benzene rings is 2. The summed E-state index contributed by atoms with van der Waals surface area (Å²) in [5.41, 5.74) is 1.05. The fourth-order valence-electron chi connectivity index (χ4n) is 4.27. The number of nitrogens with one attached hydrogen (secondary N) is 2. The van der Waals surface area contributed by atoms with E-state index in [2.05, 4.69) is 34.6 Å². The Hall–Kier alpha value is -3.15. The van der Waals surface area contributed by atoms with Gasteiger partial charge in [0.2, 0.25) is 5.91 Å². The van der Waals surface area contributed by atoms with Gasteiger partial charge in [0.05, 0.1) is 10.9 Å². The lowest BCUT2D eigenvalue weighted by Crippen LogP contribution is -2.38. The van der Waals surface area contributed by atoms with Crippen molar-refractivity contribution in [2.45, 2.75) is 50.6 Å². The molecule has 150 valence electrons. The Morgan fingerprint density at radius 1 is 0.966 bits per heavy atom. The van der Waals surface area contributed by atoms with Crippen LogP contribution >= 0.6 is 0 Å². The molecule has 0 spiro atoms. The molecule has 6 nitrogen and oxygen atoms in total. The van der Waals surface area contributed by atoms with E-state index in [4.69, 9.17) is 0 Å². The Labute approximate surface area is 168 Å². The zero-order valence-corrected chi connectivity index (χ0v) is 16.3. The van der Waals surface area contributed by atoms with Gasteiger partial charge in [0.1, 0.15) is 0 Å². The second-order valence-electron chi connectivity index (χ2n) is 7.70. The van der Waals surface area contributed by atoms with E-state index in [1.807, 2.05) is 6.07 Å². The summed E-state index contributed by atoms with van der Waals surface area (Å²) in [5, 5.41) is 3.56. The molecular formula is C23H25N3O3. The van der Waals surface area contributed by atoms with Crippen molar-refractivity contribution in [3.05, 3.63) is 81.0 Å². The summed E-state index contributed by atoms with van der Waals surface area (Å²) in [6.45, 7) is 0.237. The molecule has 1 aliphatic carbocycles. The minimum atomic E-state index is -0.482. The Morgan fingerprint density at radius 3 is 2.41 bits per heavy atom. The highest BCUT2D eigenvalue weighted by Gasteiger charge is 2.23. The summed E-state index contributed by atoms with van der Waals surface area (Å²) in [6.07, 6.45) is 4.27. The highest BCUT2D eigenvalue weighted by molar-refractivity contribution is 5.79. The van der Waals surface area contributed by atoms with E-state index in [0.29, 0.717) is 16.8 Å². The lowest BCUT2D eigenvalue weighted by atomic mass is 9.82. The van der Waals surface area contributed by atoms with Gasteiger partial charge in [-0.3, -0.25) is 19.1 Å². The average Bonchev–Trinajstić information content (AvgIpc) is 2.75. The third kappa shape index (κ3) is 4.31. The van der Waals surface area contributed by atoms with Crippen molar-refractivity contribution in [3.8, 4) is 0 Å². The third-order valence-corrected chi connectivity index (χ3v) is 5.83. The van der Waals surface area contributed by atoms with Crippen molar-refractivity contribution in [1.82, 2.24) is 14.9 Å². The molecule has 0 radical (unpaired) electrons. The van der Waals surface area contributed by atoms with Crippen LogP contribution in [0.2, 0.25) is 0 Å². The number of para-hydroxylation sites is 1. The lowest BCUT2D eigenvalue weighted by molar-refractivity contribution is -0.122. The first-order chi connectivity index (χ1) is 14.1. The van der Waals surface area contributed by atoms with E-state index in [1.54, 1.807) is 24.3 Å². The van der Waals surface area contributed by atoms with Gasteiger partial charge < -0.3 is 5.32 Å². The highest BCUT2D eigenvalue weighted by Crippen LogP contribution is 2.32. The Kier molecular flexibility index (Phi) is 5.60. The van der Waals surface area contributed by atoms with Crippen molar-refractivity contribution in [2.24, 2.45) is 0 Å². The van der Waals surface area contributed by atoms with Crippen molar-refractivity contribution in [1.29, 1.82) is 0 Å². The van der Waals surface area contributed by atoms with E-state index < -0.39 is 11.2 Å². The minimum absolute atomic E-state index is 0.0599. The van der Waals surface area contributed by atoms with Crippen LogP contribution in [0.3, 0.4) is 0 Å². The van der Waals surface area contributed by atoms with Gasteiger partial charge in [0.15, 0.2) is 0 Å². The summed E-state index contributed by atoms with van der Waals surface area (Å²) in [6, 6.07) is 17.7. The minimum Gasteiger partial charge on any atom is -0.353 e. The predicted octanol–water partition coefficient (Wildman–Crippen LogP) is 2.92. The van der Waals surface area contributed by atoms with Gasteiger partial charge >= 0.3 is 5.69 Å². The molecule has 1 fully saturated rings. The van der Waals surface area contributed by atoms with Crippen LogP contribution in [-0.4, -0.2) is 21.5 Å². The van der Waals surface area contributed by atoms with Gasteiger partial charge in [-0.15, -0.1) is 0 Å². The van der Waals surface area contributed by atoms with Crippen LogP contribution in [0.25, 0.3) is 10.9 Å². The molecule has 0 saturated heterocycles. The first kappa shape index (κ1) is 19.2. The zero-order valence-electron chi connectivity index (χ0n) is 16.3. The number of carbonyl (C=O) groups excluding carboxylic acids is 1. The summed E-state index contributed by atoms with van der Waals surface area (Å²) >= 11 is 0. The number of H-pyrrole nitrogens is 1. The van der Waals surface area contributed by atoms with E-state index >= 15 is 0 Å². The van der Waals surface area contributed by atoms with E-state index in [1.165, 1.54) is 10.1 Å². The van der Waals surface area contributed by atoms with Gasteiger partial charge in [-0.05, 0) is 49.3 Å². The monoisotopic (exact) mass is 391 g/mol. The molecule has 1 aliphatic rings. The van der Waals surface area contributed by atoms with Crippen molar-refractivity contribution < 1.29 is 4.79 Å². The number of hydrogen-bond acceptors (Lipinski definition) is 3. The summed E-state index contributed by atoms with van der Waals surface area (Å²) < 4.78 is 1.46. The second-order valence-corrected chi connectivity index (χ2v) is 7.70. The summed E-state index contributed by atoms with van der Waals surface area (Å²) in [5.74, 6) is 0.505. The van der Waals surface area contributed by atoms with Crippen LogP contribution in [0.4, 0.5) is 0 Å². The molecule has 0 bridgehead atoms. The number of aromatic nitrogens is 2. The molecule has 0 aliphatic heterocycles. The van der Waals surface area contributed by atoms with E-state index in [0.717, 1.165) is 25.7 Å². The van der Waals surface area contributed by atoms with Gasteiger partial charge in [-0.25, -0.2) is 4.79 Å². The molecule has 1 amide bonds. The van der Waals surface area contributed by atoms with Gasteiger partial charge in [0.25, 0.3) is 5.56 Å². The van der Waals surface area contributed by atoms with Gasteiger partial charge in [0, 0.05) is 19.0 Å². The van der Waals surface area contributed by atoms with Crippen LogP contribution in [-0.2, 0) is 11.3 Å². The molecule has 0 atom stereocenters. The molecular weight excluding hydrogens is 366 g/mol. The Bertz CT molecular complexity index is 1110. The fraction of sp³-hybridized carbons (Fsp3) is 0.348. The van der Waals surface area contributed by atoms with Crippen LogP contribution in [0.5, 0.6) is 0 Å². The smallest absolute Gasteiger partial charge is 0.328 e. The van der Waals surface area contributed by atoms with Crippen LogP contribution < -0.4 is 16.6 Å². The fourth-order valence-corrected chi connectivity index (χ4v) is 4.27. The number of carbonyl (C=O) groups is 1. The van der Waals surface area contributed by atoms with Gasteiger partial charge in [-0.1, -0.05) is 42.5 Å². The number of aromatic amines is 1. The zero-order chi connectivity index (χ0) is 20.2. The topological polar surface area (TPSA) is 84.0 Å². The van der Waals surface area contributed by atoms with Crippen molar-refractivity contribution >= 4 is 16.8 Å². The Balaban J connectivity index is 1.34. The van der Waals surface area contributed by atoms with E-state index in [-0.39, 0.29) is 24.9 Å². The van der Waals surface area contributed by atoms with E-state index in [9.17, 15) is 14.4 Å². The molecule has 0 unspecified atom stereocenters. The number of hydrogen-bond donors (Lipinski definition) is 2. The average molecular weight is 391 g/mol. The normalized spacial score (nSPS) is 19.2. The Morgan fingerprint density at radius 2 is 1.66 bits per heavy atom. The largest absolute Gasteiger partial charge is 0.353 e. The first-order valence-corrected chi connectivity index (χ1v) is 10.2. The van der Waals surface area contributed by atoms with Crippen LogP contribution in [0.15, 0.2) is 64.2 Å². The molecule has 1 aromatic heterocycles. The maximum absolute atomic E-state index is 12.5. The molecule has 2 N–H and O–H groups in total. The molecule has 1 heterocycles. The predicted molar refractivity (Wildman–Crippen MR) is 113 cm³/mol. The molecule has 1 saturated carbocycles. The molecule has 2 aromatic carbocycles. The standard InChI is InChI=1S/C23H25N3O3/c27-21(24-18-12-10-17(11-13-18)16-6-2-1-3-7-16)14-15-26-20-9-5-4-8-19(20)22(28)25-23(26)29/h1-9,17-18H,10-15H2,(H,24,27)(H,25,28,29). The molecule has 6 heteroatoms. The third-order valence-electron chi connectivity index (χ3n) is 5.83. The maximum atomic E-state index is 12.5. The van der Waals surface area contributed by atoms with Crippen molar-refractivity contribution in [2.75, 3.05) is 0 Å². The quantitative estimate of drug-likeness (QED) is 0.701. The number of nitrogens with zero attached hydrogens (tertiary/aromatic N) is 1. The molecule has 4 rings (SSSR count). The lowest BCUT2D eigenvalue weighted by Gasteiger charge is -2.29. The number of aryl methyl sites for hydroxylation is 1. The van der Waals surface area contributed by atoms with Crippen molar-refractivity contribution in [3.63, 3.8) is 0 Å². The molecule has 29 heavy (non-hydrogen) atoms. The molecule has 3 aromatic rings. The SMILES string of the molecule is O=C(CCn1c(=O)[nH]c(=O)c2ccccc21)NC1CCC(c2ccccc2)CC1. The first-order valence-electron chi connectivity index (χ1n) is 10.2. The van der Waals surface area contributed by atoms with Crippen LogP contribution in [0.1, 0.15) is 43.6 Å². The highest BCUT2D eigenvalue weighted by atomic mass is 16.2. The summed E-state index contributed by atoms with van der Waals surface area (Å²) in [4.78, 5) is 38.9. The number of amides is 1. The number of rotatable bonds is 5. The van der Waals surface area contributed by atoms with Crippen LogP contribution in [0, 0.1) is 0 Å².